The number of benzene rings is 1. The predicted octanol–water partition coefficient (Wildman–Crippen LogP) is 3.32. The number of para-hydroxylation sites is 1. The number of hydrogen-bond donors (Lipinski definition) is 2. The molecule has 5 atom stereocenters. The molecule has 1 aromatic carbocycles. The van der Waals surface area contributed by atoms with Crippen molar-refractivity contribution in [3.05, 3.63) is 29.8 Å². The average molecular weight is 485 g/mol. The molecule has 5 unspecified atom stereocenters. The topological polar surface area (TPSA) is 54.9 Å². The number of ether oxygens (including phenoxy) is 2. The summed E-state index contributed by atoms with van der Waals surface area (Å²) in [6, 6.07) is 9.10. The molecule has 2 saturated carbocycles. The van der Waals surface area contributed by atoms with Gasteiger partial charge in [0.15, 0.2) is 5.96 Å². The third-order valence-electron chi connectivity index (χ3n) is 6.89. The van der Waals surface area contributed by atoms with Crippen molar-refractivity contribution in [2.45, 2.75) is 57.2 Å². The van der Waals surface area contributed by atoms with Crippen molar-refractivity contribution in [1.82, 2.24) is 10.6 Å². The standard InChI is InChI=1S/C21H31N3O2.HI/c1-20(2)17(13-10-11-26-18(13)20)24-19(22-4)23-16-12-21(16,3)14-8-6-7-9-15(14)25-5;/h6-9,13,16-18H,10-12H2,1-5H3,(H2,22,23,24);1H. The van der Waals surface area contributed by atoms with E-state index in [0.717, 1.165) is 31.2 Å². The molecule has 2 N–H and O–H groups in total. The summed E-state index contributed by atoms with van der Waals surface area (Å²) >= 11 is 0. The molecule has 150 valence electrons. The van der Waals surface area contributed by atoms with Gasteiger partial charge in [0.2, 0.25) is 0 Å². The lowest BCUT2D eigenvalue weighted by Crippen LogP contribution is -2.68. The Balaban J connectivity index is 0.00000210. The lowest BCUT2D eigenvalue weighted by Gasteiger charge is -2.55. The summed E-state index contributed by atoms with van der Waals surface area (Å²) in [5, 5.41) is 7.32. The maximum Gasteiger partial charge on any atom is 0.191 e. The van der Waals surface area contributed by atoms with Crippen LogP contribution in [-0.2, 0) is 10.2 Å². The molecule has 0 amide bonds. The molecule has 3 aliphatic rings. The molecule has 0 radical (unpaired) electrons. The molecule has 5 nitrogen and oxygen atoms in total. The molecule has 4 rings (SSSR count). The van der Waals surface area contributed by atoms with Crippen LogP contribution in [0.25, 0.3) is 0 Å². The van der Waals surface area contributed by atoms with Gasteiger partial charge in [-0.05, 0) is 18.9 Å². The number of hydrogen-bond acceptors (Lipinski definition) is 3. The predicted molar refractivity (Wildman–Crippen MR) is 119 cm³/mol. The lowest BCUT2D eigenvalue weighted by molar-refractivity contribution is -0.106. The highest BCUT2D eigenvalue weighted by atomic mass is 127. The number of fused-ring (bicyclic) bond motifs is 1. The molecule has 3 fully saturated rings. The molecule has 27 heavy (non-hydrogen) atoms. The first-order valence-electron chi connectivity index (χ1n) is 9.67. The normalized spacial score (nSPS) is 36.1. The Labute approximate surface area is 179 Å². The number of methoxy groups -OCH3 is 1. The Bertz CT molecular complexity index is 723. The first-order valence-corrected chi connectivity index (χ1v) is 9.67. The molecule has 1 aromatic rings. The van der Waals surface area contributed by atoms with Gasteiger partial charge < -0.3 is 20.1 Å². The molecular weight excluding hydrogens is 453 g/mol. The minimum absolute atomic E-state index is 0. The van der Waals surface area contributed by atoms with E-state index in [0.29, 0.717) is 24.1 Å². The van der Waals surface area contributed by atoms with Gasteiger partial charge in [0.05, 0.1) is 13.2 Å². The number of halogens is 1. The Morgan fingerprint density at radius 3 is 2.67 bits per heavy atom. The van der Waals surface area contributed by atoms with E-state index in [9.17, 15) is 0 Å². The van der Waals surface area contributed by atoms with Gasteiger partial charge in [-0.2, -0.15) is 0 Å². The third kappa shape index (κ3) is 3.33. The third-order valence-corrected chi connectivity index (χ3v) is 6.89. The van der Waals surface area contributed by atoms with Crippen molar-refractivity contribution in [2.75, 3.05) is 20.8 Å². The Morgan fingerprint density at radius 1 is 1.22 bits per heavy atom. The Morgan fingerprint density at radius 2 is 1.96 bits per heavy atom. The molecule has 6 heteroatoms. The van der Waals surface area contributed by atoms with E-state index in [4.69, 9.17) is 9.47 Å². The molecule has 1 aliphatic heterocycles. The molecule has 2 aliphatic carbocycles. The van der Waals surface area contributed by atoms with Crippen LogP contribution in [-0.4, -0.2) is 44.9 Å². The first-order chi connectivity index (χ1) is 12.4. The van der Waals surface area contributed by atoms with E-state index in [1.165, 1.54) is 5.56 Å². The van der Waals surface area contributed by atoms with E-state index in [1.807, 2.05) is 19.2 Å². The van der Waals surface area contributed by atoms with Crippen LogP contribution in [0.1, 0.15) is 39.2 Å². The van der Waals surface area contributed by atoms with Crippen molar-refractivity contribution in [2.24, 2.45) is 16.3 Å². The molecular formula is C21H32IN3O2. The van der Waals surface area contributed by atoms with Crippen LogP contribution in [0.5, 0.6) is 5.75 Å². The molecule has 0 bridgehead atoms. The molecule has 0 spiro atoms. The number of rotatable bonds is 4. The summed E-state index contributed by atoms with van der Waals surface area (Å²) < 4.78 is 11.5. The van der Waals surface area contributed by atoms with Crippen LogP contribution >= 0.6 is 24.0 Å². The summed E-state index contributed by atoms with van der Waals surface area (Å²) in [7, 11) is 3.60. The maximum absolute atomic E-state index is 5.91. The van der Waals surface area contributed by atoms with Crippen molar-refractivity contribution < 1.29 is 9.47 Å². The van der Waals surface area contributed by atoms with E-state index in [2.05, 4.69) is 48.5 Å². The largest absolute Gasteiger partial charge is 0.496 e. The van der Waals surface area contributed by atoms with E-state index >= 15 is 0 Å². The fraction of sp³-hybridized carbons (Fsp3) is 0.667. The van der Waals surface area contributed by atoms with Crippen LogP contribution in [0.3, 0.4) is 0 Å². The molecule has 0 aromatic heterocycles. The second kappa shape index (κ2) is 7.43. The summed E-state index contributed by atoms with van der Waals surface area (Å²) in [6.45, 7) is 7.77. The van der Waals surface area contributed by atoms with Gasteiger partial charge in [-0.3, -0.25) is 4.99 Å². The summed E-state index contributed by atoms with van der Waals surface area (Å²) in [5.41, 5.74) is 1.50. The van der Waals surface area contributed by atoms with E-state index in [1.54, 1.807) is 7.11 Å². The van der Waals surface area contributed by atoms with Gasteiger partial charge in [0.1, 0.15) is 5.75 Å². The van der Waals surface area contributed by atoms with Gasteiger partial charge in [-0.1, -0.05) is 39.0 Å². The smallest absolute Gasteiger partial charge is 0.191 e. The number of nitrogens with one attached hydrogen (secondary N) is 2. The lowest BCUT2D eigenvalue weighted by atomic mass is 9.57. The average Bonchev–Trinajstić information content (AvgIpc) is 3.07. The van der Waals surface area contributed by atoms with Gasteiger partial charge in [-0.25, -0.2) is 0 Å². The fourth-order valence-electron chi connectivity index (χ4n) is 5.09. The number of guanidine groups is 1. The zero-order valence-electron chi connectivity index (χ0n) is 16.9. The van der Waals surface area contributed by atoms with Crippen molar-refractivity contribution >= 4 is 29.9 Å². The van der Waals surface area contributed by atoms with Gasteiger partial charge in [0, 0.05) is 48.0 Å². The highest BCUT2D eigenvalue weighted by molar-refractivity contribution is 14.0. The quantitative estimate of drug-likeness (QED) is 0.391. The molecule has 1 heterocycles. The number of aliphatic imine (C=N–C) groups is 1. The van der Waals surface area contributed by atoms with Crippen LogP contribution in [0.15, 0.2) is 29.3 Å². The summed E-state index contributed by atoms with van der Waals surface area (Å²) in [4.78, 5) is 4.49. The highest BCUT2D eigenvalue weighted by Gasteiger charge is 2.60. The van der Waals surface area contributed by atoms with Crippen LogP contribution in [0.2, 0.25) is 0 Å². The zero-order chi connectivity index (χ0) is 18.5. The van der Waals surface area contributed by atoms with E-state index in [-0.39, 0.29) is 34.8 Å². The van der Waals surface area contributed by atoms with Gasteiger partial charge in [0.25, 0.3) is 0 Å². The second-order valence-corrected chi connectivity index (χ2v) is 8.78. The molecule has 1 saturated heterocycles. The Hall–Kier alpha value is -1.02. The summed E-state index contributed by atoms with van der Waals surface area (Å²) in [5.74, 6) is 2.47. The van der Waals surface area contributed by atoms with Crippen molar-refractivity contribution in [1.29, 1.82) is 0 Å². The van der Waals surface area contributed by atoms with Gasteiger partial charge in [-0.15, -0.1) is 24.0 Å². The summed E-state index contributed by atoms with van der Waals surface area (Å²) in [6.07, 6.45) is 2.61. The van der Waals surface area contributed by atoms with Gasteiger partial charge >= 0.3 is 0 Å². The SMILES string of the molecule is CN=C(NC1CC1(C)c1ccccc1OC)NC1C2CCOC2C1(C)C.I. The van der Waals surface area contributed by atoms with Crippen LogP contribution in [0.4, 0.5) is 0 Å². The second-order valence-electron chi connectivity index (χ2n) is 8.78. The Kier molecular flexibility index (Phi) is 5.70. The minimum atomic E-state index is 0. The van der Waals surface area contributed by atoms with Crippen LogP contribution < -0.4 is 15.4 Å². The first kappa shape index (κ1) is 20.7. The van der Waals surface area contributed by atoms with Crippen molar-refractivity contribution in [3.8, 4) is 5.75 Å². The number of nitrogens with zero attached hydrogens (tertiary/aromatic N) is 1. The highest BCUT2D eigenvalue weighted by Crippen LogP contribution is 2.53. The van der Waals surface area contributed by atoms with Crippen molar-refractivity contribution in [3.63, 3.8) is 0 Å². The zero-order valence-corrected chi connectivity index (χ0v) is 19.2. The maximum atomic E-state index is 5.91. The monoisotopic (exact) mass is 485 g/mol. The minimum Gasteiger partial charge on any atom is -0.496 e. The van der Waals surface area contributed by atoms with Crippen LogP contribution in [0, 0.1) is 11.3 Å². The fourth-order valence-corrected chi connectivity index (χ4v) is 5.09. The van der Waals surface area contributed by atoms with E-state index < -0.39 is 0 Å².